The third-order valence-corrected chi connectivity index (χ3v) is 5.77. The van der Waals surface area contributed by atoms with Crippen LogP contribution in [0.2, 0.25) is 0 Å². The highest BCUT2D eigenvalue weighted by molar-refractivity contribution is 8.01. The van der Waals surface area contributed by atoms with E-state index < -0.39 is 53.9 Å². The van der Waals surface area contributed by atoms with Crippen molar-refractivity contribution in [3.63, 3.8) is 0 Å². The van der Waals surface area contributed by atoms with Gasteiger partial charge in [0.05, 0.1) is 18.8 Å². The summed E-state index contributed by atoms with van der Waals surface area (Å²) < 4.78 is 5.65. The lowest BCUT2D eigenvalue weighted by Gasteiger charge is -2.46. The molecule has 1 aliphatic rings. The summed E-state index contributed by atoms with van der Waals surface area (Å²) >= 11 is 0.978. The van der Waals surface area contributed by atoms with E-state index >= 15 is 0 Å². The molecule has 10 nitrogen and oxygen atoms in total. The Kier molecular flexibility index (Phi) is 9.95. The SMILES string of the molecule is CC(=O)N[C@H]1[C@H]([C@H](O)[C@H](O)CO)O[C@@](SCCCCCN)(C(=O)O)C[C@@H]1O. The van der Waals surface area contributed by atoms with Gasteiger partial charge in [0, 0.05) is 13.3 Å². The topological polar surface area (TPSA) is 183 Å². The van der Waals surface area contributed by atoms with Crippen LogP contribution < -0.4 is 11.1 Å². The van der Waals surface area contributed by atoms with Gasteiger partial charge in [-0.15, -0.1) is 11.8 Å². The van der Waals surface area contributed by atoms with Gasteiger partial charge in [-0.1, -0.05) is 6.42 Å². The number of unbranched alkanes of at least 4 members (excludes halogenated alkanes) is 2. The van der Waals surface area contributed by atoms with E-state index in [0.29, 0.717) is 18.7 Å². The maximum absolute atomic E-state index is 11.9. The molecule has 0 radical (unpaired) electrons. The van der Waals surface area contributed by atoms with Crippen LogP contribution in [0.4, 0.5) is 0 Å². The highest BCUT2D eigenvalue weighted by atomic mass is 32.2. The first kappa shape index (κ1) is 24.1. The zero-order chi connectivity index (χ0) is 20.6. The molecule has 1 rings (SSSR count). The van der Waals surface area contributed by atoms with Gasteiger partial charge >= 0.3 is 5.97 Å². The second-order valence-electron chi connectivity index (χ2n) is 6.58. The Morgan fingerprint density at radius 3 is 2.52 bits per heavy atom. The van der Waals surface area contributed by atoms with E-state index in [-0.39, 0.29) is 6.42 Å². The van der Waals surface area contributed by atoms with E-state index in [1.165, 1.54) is 6.92 Å². The molecular formula is C16H30N2O8S. The summed E-state index contributed by atoms with van der Waals surface area (Å²) in [4.78, 5) is 21.5. The second-order valence-corrected chi connectivity index (χ2v) is 7.93. The van der Waals surface area contributed by atoms with Gasteiger partial charge in [0.1, 0.15) is 18.3 Å². The Labute approximate surface area is 162 Å². The Hall–Kier alpha value is -0.950. The minimum Gasteiger partial charge on any atom is -0.478 e. The summed E-state index contributed by atoms with van der Waals surface area (Å²) in [5.74, 6) is -1.42. The number of carboxylic acids is 1. The van der Waals surface area contributed by atoms with Crippen LogP contribution in [0.1, 0.15) is 32.6 Å². The Bertz CT molecular complexity index is 497. The summed E-state index contributed by atoms with van der Waals surface area (Å²) in [6, 6.07) is -1.14. The zero-order valence-electron chi connectivity index (χ0n) is 15.3. The summed E-state index contributed by atoms with van der Waals surface area (Å²) in [6.07, 6.45) is -4.10. The summed E-state index contributed by atoms with van der Waals surface area (Å²) in [6.45, 7) is 0.940. The molecule has 11 heteroatoms. The predicted octanol–water partition coefficient (Wildman–Crippen LogP) is -2.00. The maximum atomic E-state index is 11.9. The van der Waals surface area contributed by atoms with Crippen LogP contribution >= 0.6 is 11.8 Å². The van der Waals surface area contributed by atoms with E-state index in [2.05, 4.69) is 5.32 Å². The number of nitrogens with one attached hydrogen (secondary N) is 1. The molecule has 0 aromatic rings. The van der Waals surface area contributed by atoms with Gasteiger partial charge < -0.3 is 41.3 Å². The van der Waals surface area contributed by atoms with Crippen LogP contribution in [0.15, 0.2) is 0 Å². The number of hydrogen-bond acceptors (Lipinski definition) is 9. The van der Waals surface area contributed by atoms with Crippen molar-refractivity contribution in [1.82, 2.24) is 5.32 Å². The number of aliphatic carboxylic acids is 1. The highest BCUT2D eigenvalue weighted by Gasteiger charge is 2.54. The van der Waals surface area contributed by atoms with Crippen molar-refractivity contribution in [2.75, 3.05) is 18.9 Å². The normalized spacial score (nSPS) is 30.5. The number of amides is 1. The molecule has 0 aliphatic carbocycles. The van der Waals surface area contributed by atoms with Crippen LogP contribution in [-0.4, -0.2) is 91.7 Å². The van der Waals surface area contributed by atoms with E-state index in [4.69, 9.17) is 15.6 Å². The summed E-state index contributed by atoms with van der Waals surface area (Å²) in [7, 11) is 0. The molecule has 1 amide bonds. The molecule has 1 saturated heterocycles. The number of rotatable bonds is 11. The first-order valence-corrected chi connectivity index (χ1v) is 9.84. The fourth-order valence-electron chi connectivity index (χ4n) is 2.94. The van der Waals surface area contributed by atoms with E-state index in [1.54, 1.807) is 0 Å². The number of carboxylic acid groups (broad SMARTS) is 1. The van der Waals surface area contributed by atoms with Crippen molar-refractivity contribution < 1.29 is 39.9 Å². The van der Waals surface area contributed by atoms with Gasteiger partial charge in [-0.25, -0.2) is 4.79 Å². The molecule has 0 bridgehead atoms. The monoisotopic (exact) mass is 410 g/mol. The average molecular weight is 410 g/mol. The van der Waals surface area contributed by atoms with Gasteiger partial charge in [0.2, 0.25) is 10.8 Å². The molecule has 0 aromatic heterocycles. The molecule has 8 N–H and O–H groups in total. The lowest BCUT2D eigenvalue weighted by Crippen LogP contribution is -2.66. The quantitative estimate of drug-likeness (QED) is 0.188. The number of carbonyl (C=O) groups is 2. The minimum atomic E-state index is -1.85. The van der Waals surface area contributed by atoms with Crippen molar-refractivity contribution in [3.05, 3.63) is 0 Å². The molecule has 6 atom stereocenters. The van der Waals surface area contributed by atoms with Crippen LogP contribution in [0.5, 0.6) is 0 Å². The van der Waals surface area contributed by atoms with E-state index in [1.807, 2.05) is 0 Å². The molecule has 158 valence electrons. The average Bonchev–Trinajstić information content (AvgIpc) is 2.61. The maximum Gasteiger partial charge on any atom is 0.346 e. The lowest BCUT2D eigenvalue weighted by molar-refractivity contribution is -0.205. The third-order valence-electron chi connectivity index (χ3n) is 4.37. The number of aliphatic hydroxyl groups is 4. The summed E-state index contributed by atoms with van der Waals surface area (Å²) in [5, 5.41) is 51.7. The lowest BCUT2D eigenvalue weighted by atomic mass is 9.90. The second kappa shape index (κ2) is 11.1. The first-order chi connectivity index (χ1) is 12.7. The molecule has 0 unspecified atom stereocenters. The first-order valence-electron chi connectivity index (χ1n) is 8.86. The van der Waals surface area contributed by atoms with E-state index in [0.717, 1.165) is 24.6 Å². The molecule has 1 heterocycles. The van der Waals surface area contributed by atoms with Crippen molar-refractivity contribution >= 4 is 23.6 Å². The van der Waals surface area contributed by atoms with Gasteiger partial charge in [0.15, 0.2) is 0 Å². The number of carbonyl (C=O) groups excluding carboxylic acids is 1. The number of nitrogens with two attached hydrogens (primary N) is 1. The van der Waals surface area contributed by atoms with Crippen LogP contribution in [0.3, 0.4) is 0 Å². The molecular weight excluding hydrogens is 380 g/mol. The fraction of sp³-hybridized carbons (Fsp3) is 0.875. The molecule has 0 aromatic carbocycles. The van der Waals surface area contributed by atoms with Gasteiger partial charge in [-0.3, -0.25) is 4.79 Å². The molecule has 1 fully saturated rings. The smallest absolute Gasteiger partial charge is 0.346 e. The standard InChI is InChI=1S/C16H30N2O8S/c1-9(20)18-12-10(21)7-16(15(24)25,27-6-4-2-3-5-17)26-14(12)13(23)11(22)8-19/h10-14,19,21-23H,2-8,17H2,1H3,(H,18,20)(H,24,25)/t10-,11+,12+,13+,14+,16-/m0/s1. The third kappa shape index (κ3) is 6.56. The predicted molar refractivity (Wildman–Crippen MR) is 97.9 cm³/mol. The minimum absolute atomic E-state index is 0.312. The van der Waals surface area contributed by atoms with Gasteiger partial charge in [-0.2, -0.15) is 0 Å². The number of aliphatic hydroxyl groups excluding tert-OH is 4. The fourth-order valence-corrected chi connectivity index (χ4v) is 4.21. The van der Waals surface area contributed by atoms with Crippen molar-refractivity contribution in [3.8, 4) is 0 Å². The van der Waals surface area contributed by atoms with E-state index in [9.17, 15) is 30.0 Å². The van der Waals surface area contributed by atoms with Crippen molar-refractivity contribution in [2.24, 2.45) is 5.73 Å². The largest absolute Gasteiger partial charge is 0.478 e. The molecule has 0 spiro atoms. The summed E-state index contributed by atoms with van der Waals surface area (Å²) in [5.41, 5.74) is 5.43. The van der Waals surface area contributed by atoms with Crippen LogP contribution in [-0.2, 0) is 14.3 Å². The van der Waals surface area contributed by atoms with Crippen LogP contribution in [0.25, 0.3) is 0 Å². The van der Waals surface area contributed by atoms with Gasteiger partial charge in [-0.05, 0) is 25.1 Å². The number of ether oxygens (including phenoxy) is 1. The molecule has 27 heavy (non-hydrogen) atoms. The molecule has 0 saturated carbocycles. The van der Waals surface area contributed by atoms with Crippen molar-refractivity contribution in [1.29, 1.82) is 0 Å². The Balaban J connectivity index is 3.02. The highest BCUT2D eigenvalue weighted by Crippen LogP contribution is 2.40. The number of hydrogen-bond donors (Lipinski definition) is 7. The van der Waals surface area contributed by atoms with Crippen LogP contribution in [0, 0.1) is 0 Å². The Morgan fingerprint density at radius 2 is 2.00 bits per heavy atom. The van der Waals surface area contributed by atoms with Gasteiger partial charge in [0.25, 0.3) is 0 Å². The Morgan fingerprint density at radius 1 is 1.33 bits per heavy atom. The number of thioether (sulfide) groups is 1. The van der Waals surface area contributed by atoms with Crippen molar-refractivity contribution in [2.45, 2.75) is 68.0 Å². The molecule has 1 aliphatic heterocycles. The zero-order valence-corrected chi connectivity index (χ0v) is 16.1.